The molecule has 2 aliphatic heterocycles. The highest BCUT2D eigenvalue weighted by atomic mass is 16.5. The molecule has 2 amide bonds. The van der Waals surface area contributed by atoms with Gasteiger partial charge >= 0.3 is 6.03 Å². The standard InChI is InChI=1S/C32H33N5O3/c1-21-18-25(40-4)12-13-29(21)36-15-14-26-27(19-22(2)33-31(26)36)28-6-5-7-30(34-28)37-17-16-35(32(37)38)20-23-8-10-24(39-3)11-9-23/h5-13,18-19H,14-17,20H2,1-4H3. The molecule has 2 aromatic carbocycles. The molecule has 1 fully saturated rings. The number of hydrogen-bond donors (Lipinski definition) is 0. The van der Waals surface area contributed by atoms with Crippen LogP contribution in [0.1, 0.15) is 22.4 Å². The third-order valence-electron chi connectivity index (χ3n) is 7.68. The summed E-state index contributed by atoms with van der Waals surface area (Å²) < 4.78 is 10.7. The van der Waals surface area contributed by atoms with Crippen molar-refractivity contribution in [1.29, 1.82) is 0 Å². The number of pyridine rings is 2. The number of aryl methyl sites for hydroxylation is 2. The maximum atomic E-state index is 13.4. The topological polar surface area (TPSA) is 71.0 Å². The van der Waals surface area contributed by atoms with E-state index in [9.17, 15) is 4.79 Å². The van der Waals surface area contributed by atoms with Gasteiger partial charge in [-0.1, -0.05) is 18.2 Å². The van der Waals surface area contributed by atoms with Crippen LogP contribution in [0.5, 0.6) is 11.5 Å². The molecule has 204 valence electrons. The number of urea groups is 1. The van der Waals surface area contributed by atoms with Gasteiger partial charge in [-0.25, -0.2) is 14.8 Å². The Balaban J connectivity index is 1.27. The summed E-state index contributed by atoms with van der Waals surface area (Å²) in [7, 11) is 3.34. The quantitative estimate of drug-likeness (QED) is 0.293. The number of anilines is 3. The molecule has 0 atom stereocenters. The summed E-state index contributed by atoms with van der Waals surface area (Å²) >= 11 is 0. The largest absolute Gasteiger partial charge is 0.497 e. The second kappa shape index (κ2) is 10.5. The van der Waals surface area contributed by atoms with Gasteiger partial charge in [0.25, 0.3) is 0 Å². The second-order valence-corrected chi connectivity index (χ2v) is 10.3. The number of aromatic nitrogens is 2. The molecule has 0 radical (unpaired) electrons. The monoisotopic (exact) mass is 535 g/mol. The van der Waals surface area contributed by atoms with Gasteiger partial charge in [-0.3, -0.25) is 4.90 Å². The Labute approximate surface area is 234 Å². The molecule has 0 unspecified atom stereocenters. The maximum Gasteiger partial charge on any atom is 0.326 e. The molecule has 4 heterocycles. The number of carbonyl (C=O) groups is 1. The Morgan fingerprint density at radius 3 is 2.35 bits per heavy atom. The molecule has 2 aliphatic rings. The third kappa shape index (κ3) is 4.70. The fraction of sp³-hybridized carbons (Fsp3) is 0.281. The van der Waals surface area contributed by atoms with E-state index in [1.54, 1.807) is 19.1 Å². The Kier molecular flexibility index (Phi) is 6.76. The van der Waals surface area contributed by atoms with Gasteiger partial charge < -0.3 is 19.3 Å². The number of hydrogen-bond acceptors (Lipinski definition) is 6. The highest BCUT2D eigenvalue weighted by Crippen LogP contribution is 2.40. The van der Waals surface area contributed by atoms with Crippen molar-refractivity contribution in [2.45, 2.75) is 26.8 Å². The molecule has 8 nitrogen and oxygen atoms in total. The van der Waals surface area contributed by atoms with Gasteiger partial charge in [0, 0.05) is 48.7 Å². The molecule has 2 aromatic heterocycles. The fourth-order valence-corrected chi connectivity index (χ4v) is 5.62. The summed E-state index contributed by atoms with van der Waals surface area (Å²) in [6.45, 7) is 6.77. The molecule has 6 rings (SSSR count). The van der Waals surface area contributed by atoms with Crippen molar-refractivity contribution in [3.8, 4) is 22.8 Å². The first-order valence-corrected chi connectivity index (χ1v) is 13.5. The van der Waals surface area contributed by atoms with Crippen molar-refractivity contribution in [2.24, 2.45) is 0 Å². The summed E-state index contributed by atoms with van der Waals surface area (Å²) in [5, 5.41) is 0. The zero-order valence-electron chi connectivity index (χ0n) is 23.3. The molecule has 0 bridgehead atoms. The molecule has 0 aliphatic carbocycles. The predicted molar refractivity (Wildman–Crippen MR) is 157 cm³/mol. The van der Waals surface area contributed by atoms with Crippen molar-refractivity contribution < 1.29 is 14.3 Å². The van der Waals surface area contributed by atoms with Crippen molar-refractivity contribution in [3.05, 3.63) is 89.1 Å². The normalized spacial score (nSPS) is 14.6. The van der Waals surface area contributed by atoms with Crippen LogP contribution in [0.25, 0.3) is 11.3 Å². The van der Waals surface area contributed by atoms with E-state index in [1.807, 2.05) is 60.4 Å². The molecule has 8 heteroatoms. The molecular weight excluding hydrogens is 502 g/mol. The Bertz CT molecular complexity index is 1570. The van der Waals surface area contributed by atoms with E-state index < -0.39 is 0 Å². The van der Waals surface area contributed by atoms with Crippen LogP contribution in [0, 0.1) is 13.8 Å². The number of fused-ring (bicyclic) bond motifs is 1. The summed E-state index contributed by atoms with van der Waals surface area (Å²) in [6.07, 6.45) is 0.869. The first-order chi connectivity index (χ1) is 19.4. The van der Waals surface area contributed by atoms with Crippen molar-refractivity contribution in [3.63, 3.8) is 0 Å². The van der Waals surface area contributed by atoms with Gasteiger partial charge in [-0.15, -0.1) is 0 Å². The molecule has 0 saturated carbocycles. The van der Waals surface area contributed by atoms with E-state index in [4.69, 9.17) is 19.4 Å². The van der Waals surface area contributed by atoms with Crippen LogP contribution in [0.4, 0.5) is 22.1 Å². The van der Waals surface area contributed by atoms with Crippen LogP contribution >= 0.6 is 0 Å². The number of rotatable bonds is 7. The lowest BCUT2D eigenvalue weighted by Gasteiger charge is -2.22. The molecule has 40 heavy (non-hydrogen) atoms. The molecule has 1 saturated heterocycles. The lowest BCUT2D eigenvalue weighted by Crippen LogP contribution is -2.32. The molecule has 4 aromatic rings. The molecule has 0 N–H and O–H groups in total. The first-order valence-electron chi connectivity index (χ1n) is 13.5. The van der Waals surface area contributed by atoms with Crippen molar-refractivity contribution >= 4 is 23.4 Å². The zero-order chi connectivity index (χ0) is 27.8. The van der Waals surface area contributed by atoms with E-state index in [0.29, 0.717) is 25.5 Å². The minimum Gasteiger partial charge on any atom is -0.497 e. The van der Waals surface area contributed by atoms with Gasteiger partial charge in [0.05, 0.1) is 19.9 Å². The van der Waals surface area contributed by atoms with Crippen LogP contribution < -0.4 is 19.3 Å². The average molecular weight is 536 g/mol. The average Bonchev–Trinajstić information content (AvgIpc) is 3.56. The lowest BCUT2D eigenvalue weighted by atomic mass is 10.0. The van der Waals surface area contributed by atoms with Crippen molar-refractivity contribution in [2.75, 3.05) is 43.7 Å². The zero-order valence-corrected chi connectivity index (χ0v) is 23.3. The van der Waals surface area contributed by atoms with E-state index in [2.05, 4.69) is 30.0 Å². The third-order valence-corrected chi connectivity index (χ3v) is 7.68. The van der Waals surface area contributed by atoms with Gasteiger partial charge in [0.1, 0.15) is 23.1 Å². The number of carbonyl (C=O) groups excluding carboxylic acids is 1. The van der Waals surface area contributed by atoms with E-state index in [1.165, 1.54) is 5.56 Å². The molecular formula is C32H33N5O3. The number of methoxy groups -OCH3 is 2. The summed E-state index contributed by atoms with van der Waals surface area (Å²) in [6, 6.07) is 22.0. The van der Waals surface area contributed by atoms with Gasteiger partial charge in [-0.05, 0) is 79.9 Å². The van der Waals surface area contributed by atoms with Crippen LogP contribution in [0.15, 0.2) is 66.7 Å². The summed E-state index contributed by atoms with van der Waals surface area (Å²) in [4.78, 5) is 29.2. The van der Waals surface area contributed by atoms with Gasteiger partial charge in [-0.2, -0.15) is 0 Å². The van der Waals surface area contributed by atoms with Crippen molar-refractivity contribution in [1.82, 2.24) is 14.9 Å². The molecule has 0 spiro atoms. The van der Waals surface area contributed by atoms with Crippen LogP contribution in [-0.2, 0) is 13.0 Å². The fourth-order valence-electron chi connectivity index (χ4n) is 5.62. The highest BCUT2D eigenvalue weighted by Gasteiger charge is 2.31. The van der Waals surface area contributed by atoms with E-state index >= 15 is 0 Å². The predicted octanol–water partition coefficient (Wildman–Crippen LogP) is 5.91. The Morgan fingerprint density at radius 2 is 1.60 bits per heavy atom. The highest BCUT2D eigenvalue weighted by molar-refractivity contribution is 5.93. The van der Waals surface area contributed by atoms with Crippen LogP contribution in [-0.4, -0.2) is 54.8 Å². The number of benzene rings is 2. The summed E-state index contributed by atoms with van der Waals surface area (Å²) in [5.41, 5.74) is 7.38. The van der Waals surface area contributed by atoms with E-state index in [0.717, 1.165) is 64.0 Å². The maximum absolute atomic E-state index is 13.4. The minimum absolute atomic E-state index is 0.0299. The van der Waals surface area contributed by atoms with Gasteiger partial charge in [0.15, 0.2) is 0 Å². The number of nitrogens with zero attached hydrogens (tertiary/aromatic N) is 5. The SMILES string of the molecule is COc1ccc(CN2CCN(c3cccc(-c4cc(C)nc5c4CCN5c4ccc(OC)cc4C)n3)C2=O)cc1. The Hall–Kier alpha value is -4.59. The lowest BCUT2D eigenvalue weighted by molar-refractivity contribution is 0.218. The van der Waals surface area contributed by atoms with Gasteiger partial charge in [0.2, 0.25) is 0 Å². The number of ether oxygens (including phenoxy) is 2. The second-order valence-electron chi connectivity index (χ2n) is 10.3. The summed E-state index contributed by atoms with van der Waals surface area (Å²) in [5.74, 6) is 3.29. The van der Waals surface area contributed by atoms with E-state index in [-0.39, 0.29) is 6.03 Å². The minimum atomic E-state index is -0.0299. The Morgan fingerprint density at radius 1 is 0.825 bits per heavy atom. The smallest absolute Gasteiger partial charge is 0.326 e. The number of amides is 2. The first kappa shape index (κ1) is 25.7. The van der Waals surface area contributed by atoms with Crippen LogP contribution in [0.3, 0.4) is 0 Å². The van der Waals surface area contributed by atoms with Crippen LogP contribution in [0.2, 0.25) is 0 Å².